The summed E-state index contributed by atoms with van der Waals surface area (Å²) in [4.78, 5) is 11.6. The largest absolute Gasteiger partial charge is 0.497 e. The number of carboxylic acid groups (broad SMARTS) is 1. The number of ether oxygens (including phenoxy) is 1. The van der Waals surface area contributed by atoms with Gasteiger partial charge in [0.15, 0.2) is 0 Å². The highest BCUT2D eigenvalue weighted by molar-refractivity contribution is 5.97. The third kappa shape index (κ3) is 2.64. The molecule has 2 aromatic rings. The minimum atomic E-state index is -0.943. The van der Waals surface area contributed by atoms with Crippen LogP contribution in [0.25, 0.3) is 11.1 Å². The number of hydrogen-bond acceptors (Lipinski definition) is 2. The van der Waals surface area contributed by atoms with E-state index in [1.54, 1.807) is 12.1 Å². The SMILES string of the molecule is COc1ccc(-c2c(C)c(C)cc(C)c2C)c(C(=O)O)c1. The maximum absolute atomic E-state index is 11.6. The molecule has 0 radical (unpaired) electrons. The fraction of sp³-hybridized carbons (Fsp3) is 0.278. The number of hydrogen-bond donors (Lipinski definition) is 1. The van der Waals surface area contributed by atoms with Crippen LogP contribution in [-0.4, -0.2) is 18.2 Å². The molecule has 0 saturated heterocycles. The monoisotopic (exact) mass is 284 g/mol. The van der Waals surface area contributed by atoms with Gasteiger partial charge in [-0.05, 0) is 79.3 Å². The maximum Gasteiger partial charge on any atom is 0.336 e. The van der Waals surface area contributed by atoms with E-state index < -0.39 is 5.97 Å². The fourth-order valence-electron chi connectivity index (χ4n) is 2.67. The van der Waals surface area contributed by atoms with E-state index in [0.717, 1.165) is 22.3 Å². The highest BCUT2D eigenvalue weighted by atomic mass is 16.5. The molecule has 110 valence electrons. The van der Waals surface area contributed by atoms with Crippen molar-refractivity contribution in [2.45, 2.75) is 27.7 Å². The second-order valence-electron chi connectivity index (χ2n) is 5.35. The van der Waals surface area contributed by atoms with Crippen LogP contribution in [0.5, 0.6) is 5.75 Å². The molecule has 0 unspecified atom stereocenters. The Morgan fingerprint density at radius 3 is 2.05 bits per heavy atom. The lowest BCUT2D eigenvalue weighted by atomic mass is 9.87. The van der Waals surface area contributed by atoms with Crippen LogP contribution in [0.4, 0.5) is 0 Å². The van der Waals surface area contributed by atoms with Crippen LogP contribution in [-0.2, 0) is 0 Å². The number of rotatable bonds is 3. The summed E-state index contributed by atoms with van der Waals surface area (Å²) >= 11 is 0. The summed E-state index contributed by atoms with van der Waals surface area (Å²) in [5.74, 6) is -0.391. The Bertz CT molecular complexity index is 689. The average Bonchev–Trinajstić information content (AvgIpc) is 2.45. The lowest BCUT2D eigenvalue weighted by Gasteiger charge is -2.17. The van der Waals surface area contributed by atoms with Crippen molar-refractivity contribution in [1.82, 2.24) is 0 Å². The quantitative estimate of drug-likeness (QED) is 0.914. The first-order valence-corrected chi connectivity index (χ1v) is 6.86. The van der Waals surface area contributed by atoms with Crippen molar-refractivity contribution in [2.24, 2.45) is 0 Å². The van der Waals surface area contributed by atoms with Crippen LogP contribution in [0.1, 0.15) is 32.6 Å². The van der Waals surface area contributed by atoms with E-state index in [4.69, 9.17) is 4.74 Å². The number of benzene rings is 2. The van der Waals surface area contributed by atoms with E-state index in [2.05, 4.69) is 19.9 Å². The van der Waals surface area contributed by atoms with Gasteiger partial charge in [-0.2, -0.15) is 0 Å². The van der Waals surface area contributed by atoms with Gasteiger partial charge in [0.25, 0.3) is 0 Å². The Kier molecular flexibility index (Phi) is 4.03. The third-order valence-electron chi connectivity index (χ3n) is 4.09. The second-order valence-corrected chi connectivity index (χ2v) is 5.35. The molecule has 2 aromatic carbocycles. The third-order valence-corrected chi connectivity index (χ3v) is 4.09. The molecule has 3 heteroatoms. The first kappa shape index (κ1) is 15.1. The van der Waals surface area contributed by atoms with E-state index in [0.29, 0.717) is 5.75 Å². The van der Waals surface area contributed by atoms with Crippen LogP contribution >= 0.6 is 0 Å². The van der Waals surface area contributed by atoms with Crippen molar-refractivity contribution in [3.05, 3.63) is 52.1 Å². The van der Waals surface area contributed by atoms with E-state index in [1.807, 2.05) is 19.9 Å². The molecule has 0 spiro atoms. The molecule has 1 N–H and O–H groups in total. The van der Waals surface area contributed by atoms with Gasteiger partial charge in [-0.3, -0.25) is 0 Å². The van der Waals surface area contributed by atoms with Crippen molar-refractivity contribution < 1.29 is 14.6 Å². The first-order chi connectivity index (χ1) is 9.86. The number of aryl methyl sites for hydroxylation is 2. The molecule has 0 aromatic heterocycles. The van der Waals surface area contributed by atoms with Gasteiger partial charge < -0.3 is 9.84 Å². The lowest BCUT2D eigenvalue weighted by molar-refractivity contribution is 0.0697. The molecule has 0 aliphatic carbocycles. The van der Waals surface area contributed by atoms with E-state index in [-0.39, 0.29) is 5.56 Å². The van der Waals surface area contributed by atoms with E-state index in [9.17, 15) is 9.90 Å². The van der Waals surface area contributed by atoms with Crippen LogP contribution in [0.2, 0.25) is 0 Å². The normalized spacial score (nSPS) is 10.5. The summed E-state index contributed by atoms with van der Waals surface area (Å²) in [6, 6.07) is 7.35. The Balaban J connectivity index is 2.82. The molecule has 0 atom stereocenters. The zero-order chi connectivity index (χ0) is 15.7. The van der Waals surface area contributed by atoms with Crippen LogP contribution in [0, 0.1) is 27.7 Å². The molecule has 0 bridgehead atoms. The predicted molar refractivity (Wildman–Crippen MR) is 84.3 cm³/mol. The molecule has 0 heterocycles. The summed E-state index contributed by atoms with van der Waals surface area (Å²) in [7, 11) is 1.54. The van der Waals surface area contributed by atoms with Crippen LogP contribution < -0.4 is 4.74 Å². The molecule has 0 amide bonds. The standard InChI is InChI=1S/C18H20O3/c1-10-8-11(2)13(4)17(12(10)3)15-7-6-14(21-5)9-16(15)18(19)20/h6-9H,1-5H3,(H,19,20). The molecule has 2 rings (SSSR count). The zero-order valence-corrected chi connectivity index (χ0v) is 13.1. The summed E-state index contributed by atoms with van der Waals surface area (Å²) in [5, 5.41) is 9.51. The van der Waals surface area contributed by atoms with Gasteiger partial charge in [-0.15, -0.1) is 0 Å². The van der Waals surface area contributed by atoms with E-state index in [1.165, 1.54) is 18.2 Å². The average molecular weight is 284 g/mol. The van der Waals surface area contributed by atoms with Gasteiger partial charge in [0.05, 0.1) is 12.7 Å². The van der Waals surface area contributed by atoms with Gasteiger partial charge >= 0.3 is 5.97 Å². The van der Waals surface area contributed by atoms with Crippen LogP contribution in [0.15, 0.2) is 24.3 Å². The molecular formula is C18H20O3. The summed E-state index contributed by atoms with van der Waals surface area (Å²) in [6.45, 7) is 8.17. The molecule has 3 nitrogen and oxygen atoms in total. The van der Waals surface area contributed by atoms with Crippen molar-refractivity contribution in [3.8, 4) is 16.9 Å². The first-order valence-electron chi connectivity index (χ1n) is 6.86. The van der Waals surface area contributed by atoms with Crippen molar-refractivity contribution >= 4 is 5.97 Å². The summed E-state index contributed by atoms with van der Waals surface area (Å²) < 4.78 is 5.14. The summed E-state index contributed by atoms with van der Waals surface area (Å²) in [6.07, 6.45) is 0. The minimum absolute atomic E-state index is 0.269. The highest BCUT2D eigenvalue weighted by Crippen LogP contribution is 2.35. The number of carboxylic acids is 1. The topological polar surface area (TPSA) is 46.5 Å². The molecule has 0 aliphatic heterocycles. The fourth-order valence-corrected chi connectivity index (χ4v) is 2.67. The Morgan fingerprint density at radius 1 is 1.00 bits per heavy atom. The van der Waals surface area contributed by atoms with Gasteiger partial charge in [0.1, 0.15) is 5.75 Å². The van der Waals surface area contributed by atoms with Crippen LogP contribution in [0.3, 0.4) is 0 Å². The lowest BCUT2D eigenvalue weighted by Crippen LogP contribution is -2.03. The Labute approximate surface area is 125 Å². The molecular weight excluding hydrogens is 264 g/mol. The molecule has 0 fully saturated rings. The predicted octanol–water partition coefficient (Wildman–Crippen LogP) is 4.29. The smallest absolute Gasteiger partial charge is 0.336 e. The van der Waals surface area contributed by atoms with Crippen molar-refractivity contribution in [1.29, 1.82) is 0 Å². The minimum Gasteiger partial charge on any atom is -0.497 e. The van der Waals surface area contributed by atoms with Crippen molar-refractivity contribution in [2.75, 3.05) is 7.11 Å². The maximum atomic E-state index is 11.6. The highest BCUT2D eigenvalue weighted by Gasteiger charge is 2.18. The van der Waals surface area contributed by atoms with Gasteiger partial charge in [-0.1, -0.05) is 6.07 Å². The van der Waals surface area contributed by atoms with Crippen molar-refractivity contribution in [3.63, 3.8) is 0 Å². The second kappa shape index (κ2) is 5.60. The molecule has 21 heavy (non-hydrogen) atoms. The zero-order valence-electron chi connectivity index (χ0n) is 13.1. The van der Waals surface area contributed by atoms with Gasteiger partial charge in [0.2, 0.25) is 0 Å². The van der Waals surface area contributed by atoms with Gasteiger partial charge in [-0.25, -0.2) is 4.79 Å². The number of methoxy groups -OCH3 is 1. The van der Waals surface area contributed by atoms with E-state index >= 15 is 0 Å². The number of carbonyl (C=O) groups is 1. The molecule has 0 aliphatic rings. The summed E-state index contributed by atoms with van der Waals surface area (Å²) in [5.41, 5.74) is 6.58. The number of aromatic carboxylic acids is 1. The molecule has 0 saturated carbocycles. The Hall–Kier alpha value is -2.29. The van der Waals surface area contributed by atoms with Gasteiger partial charge in [0, 0.05) is 0 Å². The Morgan fingerprint density at radius 2 is 1.57 bits per heavy atom.